The number of imide groups is 1. The number of halogens is 1. The molecule has 0 aliphatic carbocycles. The number of ether oxygens (including phenoxy) is 1. The van der Waals surface area contributed by atoms with Crippen molar-refractivity contribution in [3.63, 3.8) is 0 Å². The zero-order valence-electron chi connectivity index (χ0n) is 17.0. The van der Waals surface area contributed by atoms with Crippen LogP contribution in [0.25, 0.3) is 6.08 Å². The van der Waals surface area contributed by atoms with Crippen molar-refractivity contribution in [1.29, 1.82) is 0 Å². The molecule has 1 aliphatic heterocycles. The molecule has 3 amide bonds. The molecule has 0 atom stereocenters. The first-order valence-corrected chi connectivity index (χ1v) is 10.4. The van der Waals surface area contributed by atoms with Crippen LogP contribution in [0.2, 0.25) is 5.02 Å². The summed E-state index contributed by atoms with van der Waals surface area (Å²) in [7, 11) is 0. The van der Waals surface area contributed by atoms with Gasteiger partial charge in [0.1, 0.15) is 18.9 Å². The molecule has 0 radical (unpaired) electrons. The van der Waals surface area contributed by atoms with Crippen LogP contribution in [0.3, 0.4) is 0 Å². The average molecular weight is 437 g/mol. The number of carbonyl (C=O) groups excluding carboxylic acids is 3. The minimum Gasteiger partial charge on any atom is -0.488 e. The van der Waals surface area contributed by atoms with Gasteiger partial charge in [0.15, 0.2) is 0 Å². The Morgan fingerprint density at radius 1 is 1.28 bits per heavy atom. The quantitative estimate of drug-likeness (QED) is 0.440. The van der Waals surface area contributed by atoms with Gasteiger partial charge in [-0.25, -0.2) is 0 Å². The monoisotopic (exact) mass is 436 g/mol. The van der Waals surface area contributed by atoms with Crippen molar-refractivity contribution in [2.45, 2.75) is 39.8 Å². The van der Waals surface area contributed by atoms with Crippen LogP contribution in [0.4, 0.5) is 4.79 Å². The fourth-order valence-corrected chi connectivity index (χ4v) is 4.13. The van der Waals surface area contributed by atoms with Gasteiger partial charge in [0, 0.05) is 12.1 Å². The molecule has 29 heavy (non-hydrogen) atoms. The van der Waals surface area contributed by atoms with Crippen molar-refractivity contribution in [1.82, 2.24) is 9.80 Å². The van der Waals surface area contributed by atoms with Crippen LogP contribution in [0.5, 0.6) is 5.75 Å². The lowest BCUT2D eigenvalue weighted by molar-refractivity contribution is -0.138. The molecule has 1 aromatic carbocycles. The second-order valence-corrected chi connectivity index (χ2v) is 8.45. The molecule has 1 heterocycles. The summed E-state index contributed by atoms with van der Waals surface area (Å²) in [6, 6.07) is 5.03. The summed E-state index contributed by atoms with van der Waals surface area (Å²) in [5, 5.41) is -0.0707. The third kappa shape index (κ3) is 5.64. The lowest BCUT2D eigenvalue weighted by Crippen LogP contribution is -2.48. The van der Waals surface area contributed by atoms with Crippen LogP contribution in [-0.2, 0) is 9.59 Å². The highest BCUT2D eigenvalue weighted by molar-refractivity contribution is 8.18. The van der Waals surface area contributed by atoms with Crippen molar-refractivity contribution in [3.05, 3.63) is 46.3 Å². The van der Waals surface area contributed by atoms with Gasteiger partial charge < -0.3 is 9.64 Å². The smallest absolute Gasteiger partial charge is 0.294 e. The van der Waals surface area contributed by atoms with E-state index in [-0.39, 0.29) is 29.4 Å². The Hall–Kier alpha value is -2.25. The second-order valence-electron chi connectivity index (χ2n) is 7.05. The summed E-state index contributed by atoms with van der Waals surface area (Å²) >= 11 is 7.01. The van der Waals surface area contributed by atoms with Crippen LogP contribution in [0, 0.1) is 0 Å². The van der Waals surface area contributed by atoms with Crippen LogP contribution < -0.4 is 4.74 Å². The molecule has 1 fully saturated rings. The van der Waals surface area contributed by atoms with E-state index in [2.05, 4.69) is 6.58 Å². The molecule has 6 nitrogen and oxygen atoms in total. The summed E-state index contributed by atoms with van der Waals surface area (Å²) in [6.45, 7) is 11.2. The number of amides is 3. The van der Waals surface area contributed by atoms with E-state index >= 15 is 0 Å². The van der Waals surface area contributed by atoms with Crippen molar-refractivity contribution in [2.75, 3.05) is 13.2 Å². The van der Waals surface area contributed by atoms with Crippen molar-refractivity contribution in [3.8, 4) is 5.75 Å². The molecule has 8 heteroatoms. The van der Waals surface area contributed by atoms with Gasteiger partial charge in [-0.15, -0.1) is 0 Å². The molecule has 1 saturated heterocycles. The molecule has 2 rings (SSSR count). The number of hydrogen-bond donors (Lipinski definition) is 0. The van der Waals surface area contributed by atoms with E-state index in [0.717, 1.165) is 16.7 Å². The molecule has 0 N–H and O–H groups in total. The van der Waals surface area contributed by atoms with E-state index in [0.29, 0.717) is 22.9 Å². The highest BCUT2D eigenvalue weighted by Gasteiger charge is 2.37. The number of carbonyl (C=O) groups is 3. The van der Waals surface area contributed by atoms with Gasteiger partial charge in [-0.1, -0.05) is 30.3 Å². The zero-order chi connectivity index (χ0) is 21.7. The van der Waals surface area contributed by atoms with Crippen molar-refractivity contribution in [2.24, 2.45) is 0 Å². The third-order valence-corrected chi connectivity index (χ3v) is 5.38. The molecule has 0 aromatic heterocycles. The Labute approximate surface area is 180 Å². The predicted molar refractivity (Wildman–Crippen MR) is 117 cm³/mol. The van der Waals surface area contributed by atoms with Crippen LogP contribution in [0.15, 0.2) is 35.8 Å². The molecule has 0 bridgehead atoms. The van der Waals surface area contributed by atoms with E-state index in [1.54, 1.807) is 35.3 Å². The molecular formula is C21H25ClN2O4S. The molecule has 0 spiro atoms. The zero-order valence-corrected chi connectivity index (χ0v) is 18.5. The number of nitrogens with zero attached hydrogens (tertiary/aromatic N) is 2. The van der Waals surface area contributed by atoms with E-state index in [9.17, 15) is 14.4 Å². The molecule has 0 unspecified atom stereocenters. The Morgan fingerprint density at radius 3 is 2.48 bits per heavy atom. The summed E-state index contributed by atoms with van der Waals surface area (Å²) < 4.78 is 5.42. The maximum Gasteiger partial charge on any atom is 0.294 e. The highest BCUT2D eigenvalue weighted by Crippen LogP contribution is 2.34. The van der Waals surface area contributed by atoms with Crippen LogP contribution >= 0.6 is 23.4 Å². The SMILES string of the molecule is C=CCOc1ccc(/C=C2\SC(=O)N(CC(=O)N(C(C)C)C(C)C)C2=O)cc1Cl. The van der Waals surface area contributed by atoms with Crippen LogP contribution in [0.1, 0.15) is 33.3 Å². The average Bonchev–Trinajstić information content (AvgIpc) is 2.88. The van der Waals surface area contributed by atoms with Gasteiger partial charge >= 0.3 is 0 Å². The van der Waals surface area contributed by atoms with Gasteiger partial charge in [-0.05, 0) is 63.2 Å². The topological polar surface area (TPSA) is 66.9 Å². The molecular weight excluding hydrogens is 412 g/mol. The van der Waals surface area contributed by atoms with Gasteiger partial charge in [-0.3, -0.25) is 19.3 Å². The van der Waals surface area contributed by atoms with Gasteiger partial charge in [0.25, 0.3) is 11.1 Å². The summed E-state index contributed by atoms with van der Waals surface area (Å²) in [6.07, 6.45) is 3.20. The molecule has 1 aliphatic rings. The van der Waals surface area contributed by atoms with E-state index < -0.39 is 11.1 Å². The van der Waals surface area contributed by atoms with Gasteiger partial charge in [0.05, 0.1) is 9.93 Å². The fraction of sp³-hybridized carbons (Fsp3) is 0.381. The fourth-order valence-electron chi connectivity index (χ4n) is 3.05. The van der Waals surface area contributed by atoms with Crippen LogP contribution in [-0.4, -0.2) is 52.1 Å². The Kier molecular flexibility index (Phi) is 7.93. The maximum atomic E-state index is 12.7. The first-order chi connectivity index (χ1) is 13.6. The third-order valence-electron chi connectivity index (χ3n) is 4.18. The molecule has 1 aromatic rings. The number of rotatable bonds is 8. The number of thioether (sulfide) groups is 1. The lowest BCUT2D eigenvalue weighted by Gasteiger charge is -2.31. The Morgan fingerprint density at radius 2 is 1.93 bits per heavy atom. The van der Waals surface area contributed by atoms with Gasteiger partial charge in [-0.2, -0.15) is 0 Å². The van der Waals surface area contributed by atoms with E-state index in [4.69, 9.17) is 16.3 Å². The molecule has 0 saturated carbocycles. The maximum absolute atomic E-state index is 12.7. The summed E-state index contributed by atoms with van der Waals surface area (Å²) in [5.74, 6) is -0.237. The highest BCUT2D eigenvalue weighted by atomic mass is 35.5. The first kappa shape index (κ1) is 23.0. The summed E-state index contributed by atoms with van der Waals surface area (Å²) in [4.78, 5) is 40.5. The minimum absolute atomic E-state index is 0.0260. The minimum atomic E-state index is -0.482. The lowest BCUT2D eigenvalue weighted by atomic mass is 10.2. The Bertz CT molecular complexity index is 843. The standard InChI is InChI=1S/C21H25ClN2O4S/c1-6-9-28-17-8-7-15(10-16(17)22)11-18-20(26)23(21(27)29-18)12-19(25)24(13(2)3)14(4)5/h6-8,10-11,13-14H,1,9,12H2,2-5H3/b18-11-. The van der Waals surface area contributed by atoms with Crippen molar-refractivity contribution >= 4 is 46.5 Å². The van der Waals surface area contributed by atoms with E-state index in [1.165, 1.54) is 0 Å². The first-order valence-electron chi connectivity index (χ1n) is 9.25. The van der Waals surface area contributed by atoms with Crippen molar-refractivity contribution < 1.29 is 19.1 Å². The summed E-state index contributed by atoms with van der Waals surface area (Å²) in [5.41, 5.74) is 0.656. The Balaban J connectivity index is 2.16. The normalized spacial score (nSPS) is 15.6. The number of benzene rings is 1. The second kappa shape index (κ2) is 9.98. The number of hydrogen-bond acceptors (Lipinski definition) is 5. The van der Waals surface area contributed by atoms with Gasteiger partial charge in [0.2, 0.25) is 5.91 Å². The molecule has 156 valence electrons. The predicted octanol–water partition coefficient (Wildman–Crippen LogP) is 4.59. The van der Waals surface area contributed by atoms with E-state index in [1.807, 2.05) is 27.7 Å². The largest absolute Gasteiger partial charge is 0.488 e.